The van der Waals surface area contributed by atoms with Gasteiger partial charge in [0.05, 0.1) is 68.1 Å². The van der Waals surface area contributed by atoms with Gasteiger partial charge < -0.3 is 39.4 Å². The van der Waals surface area contributed by atoms with Crippen LogP contribution in [0.15, 0.2) is 95.2 Å². The molecule has 4 aromatic carbocycles. The maximum Gasteiger partial charge on any atom is 0.260 e. The maximum absolute atomic E-state index is 14.1. The van der Waals surface area contributed by atoms with Crippen LogP contribution in [0.4, 0.5) is 17.1 Å². The lowest BCUT2D eigenvalue weighted by atomic mass is 9.92. The van der Waals surface area contributed by atoms with Gasteiger partial charge in [-0.15, -0.1) is 0 Å². The molecule has 4 aromatic rings. The summed E-state index contributed by atoms with van der Waals surface area (Å²) >= 11 is 0. The highest BCUT2D eigenvalue weighted by Crippen LogP contribution is 2.41. The molecule has 0 saturated carbocycles. The van der Waals surface area contributed by atoms with Crippen molar-refractivity contribution in [3.63, 3.8) is 0 Å². The Hall–Kier alpha value is -8.41. The fraction of sp³-hybridized carbons (Fsp3) is 0.403. The summed E-state index contributed by atoms with van der Waals surface area (Å²) in [5, 5.41) is 5.77. The second kappa shape index (κ2) is 24.7. The summed E-state index contributed by atoms with van der Waals surface area (Å²) in [6.07, 6.45) is 11.2. The van der Waals surface area contributed by atoms with Crippen LogP contribution in [0.25, 0.3) is 11.1 Å². The molecule has 6 amide bonds. The number of carbonyl (C=O) groups excluding carboxylic acids is 7. The molecule has 18 heteroatoms. The smallest absolute Gasteiger partial charge is 0.260 e. The van der Waals surface area contributed by atoms with Gasteiger partial charge in [0.15, 0.2) is 17.3 Å². The number of ether oxygens (including phenoxy) is 4. The number of hydrogen-bond donors (Lipinski definition) is 2. The van der Waals surface area contributed by atoms with Crippen LogP contribution in [0.2, 0.25) is 0 Å². The number of methoxy groups -OCH3 is 2. The summed E-state index contributed by atoms with van der Waals surface area (Å²) in [5.41, 5.74) is 7.12. The lowest BCUT2D eigenvalue weighted by molar-refractivity contribution is -0.139. The lowest BCUT2D eigenvalue weighted by Crippen LogP contribution is -2.45. The molecule has 1 saturated heterocycles. The second-order valence-corrected chi connectivity index (χ2v) is 21.5. The Kier molecular flexibility index (Phi) is 17.4. The van der Waals surface area contributed by atoms with Crippen LogP contribution in [0.5, 0.6) is 23.0 Å². The minimum absolute atomic E-state index is 0.0605. The summed E-state index contributed by atoms with van der Waals surface area (Å²) in [6, 6.07) is 20.8. The predicted octanol–water partition coefficient (Wildman–Crippen LogP) is 9.43. The standard InChI is InChI=1S/C62H69N7O11/c1-36(2)58(66-56(71)12-9-8-10-21-67-57(72)26-39(5)60(67)74)52(70)25-38(4)59(73)65-44-17-13-40(14-18-44)42-27-46-33-64-51-31-55(54(78-7)29-49(51)62(76)69(46)34-42)80-23-11-22-79-53-30-50-48(24-37(53)3)61(75)68-35-43(28-45(68)32-63-50)41-15-19-47(77-6)20-16-41/h13-20,24,29-36,38-39,45-46,58H,8-12,21-23,25-28H2,1-7H3,(H,65,73)(H,66,71)/t38-,39?,45+,46+,58+/m1/s1. The van der Waals surface area contributed by atoms with E-state index in [9.17, 15) is 33.6 Å². The molecule has 80 heavy (non-hydrogen) atoms. The zero-order chi connectivity index (χ0) is 56.8. The van der Waals surface area contributed by atoms with Crippen LogP contribution in [0, 0.1) is 24.7 Å². The summed E-state index contributed by atoms with van der Waals surface area (Å²) in [7, 11) is 3.15. The fourth-order valence-electron chi connectivity index (χ4n) is 10.6. The van der Waals surface area contributed by atoms with Gasteiger partial charge >= 0.3 is 0 Å². The molecule has 418 valence electrons. The maximum atomic E-state index is 14.1. The topological polar surface area (TPSA) is 215 Å². The molecule has 0 radical (unpaired) electrons. The second-order valence-electron chi connectivity index (χ2n) is 21.5. The van der Waals surface area contributed by atoms with Gasteiger partial charge in [0.25, 0.3) is 11.8 Å². The first-order valence-corrected chi connectivity index (χ1v) is 27.5. The Labute approximate surface area is 466 Å². The molecule has 5 aliphatic rings. The van der Waals surface area contributed by atoms with Crippen molar-refractivity contribution in [3.8, 4) is 23.0 Å². The van der Waals surface area contributed by atoms with Gasteiger partial charge in [-0.25, -0.2) is 0 Å². The summed E-state index contributed by atoms with van der Waals surface area (Å²) < 4.78 is 23.4. The summed E-state index contributed by atoms with van der Waals surface area (Å²) in [6.45, 7) is 10.00. The lowest BCUT2D eigenvalue weighted by Gasteiger charge is -2.23. The van der Waals surface area contributed by atoms with Gasteiger partial charge in [-0.2, -0.15) is 0 Å². The van der Waals surface area contributed by atoms with Gasteiger partial charge in [-0.1, -0.05) is 58.4 Å². The minimum Gasteiger partial charge on any atom is -0.497 e. The van der Waals surface area contributed by atoms with Crippen LogP contribution in [-0.4, -0.2) is 120 Å². The van der Waals surface area contributed by atoms with E-state index in [1.54, 1.807) is 61.2 Å². The third-order valence-corrected chi connectivity index (χ3v) is 15.3. The van der Waals surface area contributed by atoms with Crippen molar-refractivity contribution in [3.05, 3.63) is 113 Å². The molecular formula is C62H69N7O11. The van der Waals surface area contributed by atoms with Crippen molar-refractivity contribution in [1.29, 1.82) is 0 Å². The average molecular weight is 1090 g/mol. The number of hydrogen-bond acceptors (Lipinski definition) is 13. The van der Waals surface area contributed by atoms with Crippen molar-refractivity contribution in [2.45, 2.75) is 111 Å². The van der Waals surface area contributed by atoms with Gasteiger partial charge in [0.1, 0.15) is 11.5 Å². The number of aliphatic imine (C=N–C) groups is 2. The van der Waals surface area contributed by atoms with Crippen LogP contribution in [0.1, 0.15) is 123 Å². The van der Waals surface area contributed by atoms with Crippen LogP contribution >= 0.6 is 0 Å². The van der Waals surface area contributed by atoms with Crippen molar-refractivity contribution in [2.24, 2.45) is 27.7 Å². The van der Waals surface area contributed by atoms with E-state index in [1.807, 2.05) is 87.9 Å². The number of carbonyl (C=O) groups is 7. The summed E-state index contributed by atoms with van der Waals surface area (Å²) in [4.78, 5) is 106. The molecule has 5 heterocycles. The number of benzene rings is 4. The Morgan fingerprint density at radius 1 is 0.688 bits per heavy atom. The molecule has 0 spiro atoms. The number of aryl methyl sites for hydroxylation is 1. The van der Waals surface area contributed by atoms with Crippen LogP contribution < -0.4 is 29.6 Å². The number of imide groups is 1. The molecule has 1 fully saturated rings. The number of nitrogens with zero attached hydrogens (tertiary/aromatic N) is 5. The number of likely N-dealkylation sites (tertiary alicyclic amines) is 1. The zero-order valence-electron chi connectivity index (χ0n) is 46.4. The van der Waals surface area contributed by atoms with E-state index in [2.05, 4.69) is 10.6 Å². The van der Waals surface area contributed by atoms with E-state index in [4.69, 9.17) is 28.9 Å². The van der Waals surface area contributed by atoms with Gasteiger partial charge in [-0.3, -0.25) is 48.4 Å². The zero-order valence-corrected chi connectivity index (χ0v) is 46.4. The number of Topliss-reactive ketones (excluding diaryl/α,β-unsaturated/α-hetero) is 1. The number of anilines is 1. The number of rotatable bonds is 23. The van der Waals surface area contributed by atoms with E-state index >= 15 is 0 Å². The molecule has 0 aromatic heterocycles. The highest BCUT2D eigenvalue weighted by Gasteiger charge is 2.37. The van der Waals surface area contributed by atoms with Gasteiger partial charge in [0, 0.05) is 99.6 Å². The monoisotopic (exact) mass is 1090 g/mol. The van der Waals surface area contributed by atoms with E-state index in [0.717, 1.165) is 33.6 Å². The van der Waals surface area contributed by atoms with E-state index in [1.165, 1.54) is 12.0 Å². The Balaban J connectivity index is 0.730. The SMILES string of the molecule is COc1ccc(C2=CN3C(=O)c4cc(C)c(OCCCOc5cc6c(cc5OC)C(=O)N5C=C(c7ccc(NC(=O)[C@H](C)CC(=O)[C@@H](NC(=O)CCCCCN8C(=O)CC(C)C8=O)C(C)C)cc7)C[C@H]5C=N6)cc4N=C[C@@H]3C2)cc1. The van der Waals surface area contributed by atoms with Gasteiger partial charge in [0.2, 0.25) is 23.6 Å². The number of unbranched alkanes of at least 4 members (excludes halogenated alkanes) is 2. The Morgan fingerprint density at radius 3 is 1.85 bits per heavy atom. The normalized spacial score (nSPS) is 18.9. The average Bonchev–Trinajstić information content (AvgIpc) is 4.16. The van der Waals surface area contributed by atoms with E-state index in [-0.39, 0.29) is 91.0 Å². The van der Waals surface area contributed by atoms with Crippen LogP contribution in [-0.2, 0) is 24.0 Å². The number of fused-ring (bicyclic) bond motifs is 4. The third kappa shape index (κ3) is 12.5. The molecule has 0 aliphatic carbocycles. The highest BCUT2D eigenvalue weighted by molar-refractivity contribution is 6.07. The largest absolute Gasteiger partial charge is 0.497 e. The molecule has 5 aliphatic heterocycles. The first-order valence-electron chi connectivity index (χ1n) is 27.5. The molecule has 0 bridgehead atoms. The number of amides is 6. The van der Waals surface area contributed by atoms with Crippen molar-refractivity contribution >= 4 is 81.9 Å². The molecule has 9 rings (SSSR count). The quantitative estimate of drug-likeness (QED) is 0.0527. The number of ketones is 1. The molecular weight excluding hydrogens is 1020 g/mol. The van der Waals surface area contributed by atoms with Crippen LogP contribution in [0.3, 0.4) is 0 Å². The van der Waals surface area contributed by atoms with E-state index < -0.39 is 12.0 Å². The molecule has 2 N–H and O–H groups in total. The first kappa shape index (κ1) is 56.3. The molecule has 1 unspecified atom stereocenters. The van der Waals surface area contributed by atoms with Crippen molar-refractivity contribution in [2.75, 3.05) is 39.3 Å². The van der Waals surface area contributed by atoms with Crippen molar-refractivity contribution in [1.82, 2.24) is 20.0 Å². The Morgan fingerprint density at radius 2 is 1.27 bits per heavy atom. The van der Waals surface area contributed by atoms with Crippen molar-refractivity contribution < 1.29 is 52.5 Å². The first-order chi connectivity index (χ1) is 38.5. The number of nitrogens with one attached hydrogen (secondary N) is 2. The minimum atomic E-state index is -0.751. The van der Waals surface area contributed by atoms with Gasteiger partial charge in [-0.05, 0) is 89.9 Å². The molecule has 5 atom stereocenters. The van der Waals surface area contributed by atoms with E-state index in [0.29, 0.717) is 97.1 Å². The predicted molar refractivity (Wildman–Crippen MR) is 304 cm³/mol. The highest BCUT2D eigenvalue weighted by atomic mass is 16.5. The molecule has 18 nitrogen and oxygen atoms in total. The Bertz CT molecular complexity index is 3200. The fourth-order valence-corrected chi connectivity index (χ4v) is 10.6. The third-order valence-electron chi connectivity index (χ3n) is 15.3. The summed E-state index contributed by atoms with van der Waals surface area (Å²) in [5.74, 6) is -0.392.